The highest BCUT2D eigenvalue weighted by Crippen LogP contribution is 1.92. The van der Waals surface area contributed by atoms with E-state index in [1.165, 1.54) is 0 Å². The van der Waals surface area contributed by atoms with Gasteiger partial charge in [0.15, 0.2) is 0 Å². The van der Waals surface area contributed by atoms with Gasteiger partial charge in [-0.1, -0.05) is 13.8 Å². The Bertz CT molecular complexity index is 50.5. The molecule has 0 aliphatic heterocycles. The van der Waals surface area contributed by atoms with E-state index in [1.54, 1.807) is 0 Å². The van der Waals surface area contributed by atoms with E-state index in [9.17, 15) is 4.79 Å². The van der Waals surface area contributed by atoms with Crippen LogP contribution in [0.15, 0.2) is 0 Å². The molecule has 0 amide bonds. The summed E-state index contributed by atoms with van der Waals surface area (Å²) in [7, 11) is 0. The maximum Gasteiger partial charge on any atom is 0.120 e. The van der Waals surface area contributed by atoms with Gasteiger partial charge in [0.2, 0.25) is 0 Å². The number of rotatable bonds is 2. The van der Waals surface area contributed by atoms with E-state index in [4.69, 9.17) is 4.79 Å². The third kappa shape index (κ3) is 18.4. The van der Waals surface area contributed by atoms with Gasteiger partial charge in [-0.2, -0.15) is 0 Å². The lowest BCUT2D eigenvalue weighted by Crippen LogP contribution is -1.84. The second-order valence-corrected chi connectivity index (χ2v) is 1.80. The Balaban J connectivity index is 0. The lowest BCUT2D eigenvalue weighted by Gasteiger charge is -1.89. The van der Waals surface area contributed by atoms with E-state index in [0.717, 1.165) is 6.29 Å². The standard InChI is InChI=1S/C5H10O.CH2O/c1-5(2)3-4-6;1-2/h4-5H,3H2,1-2H3;1H2. The molecule has 0 aliphatic carbocycles. The van der Waals surface area contributed by atoms with Gasteiger partial charge in [0.05, 0.1) is 0 Å². The fourth-order valence-corrected chi connectivity index (χ4v) is 0.192. The predicted octanol–water partition coefficient (Wildman–Crippen LogP) is 1.05. The number of carbonyl (C=O) groups excluding carboxylic acids is 2. The van der Waals surface area contributed by atoms with Crippen LogP contribution >= 0.6 is 0 Å². The number of hydrogen-bond donors (Lipinski definition) is 0. The molecule has 2 nitrogen and oxygen atoms in total. The van der Waals surface area contributed by atoms with Crippen molar-refractivity contribution in [3.05, 3.63) is 0 Å². The van der Waals surface area contributed by atoms with Crippen molar-refractivity contribution in [1.82, 2.24) is 0 Å². The Kier molecular flexibility index (Phi) is 12.4. The fraction of sp³-hybridized carbons (Fsp3) is 0.667. The molecule has 0 saturated heterocycles. The van der Waals surface area contributed by atoms with Crippen molar-refractivity contribution in [2.45, 2.75) is 20.3 Å². The number of carbonyl (C=O) groups is 2. The summed E-state index contributed by atoms with van der Waals surface area (Å²) in [5, 5.41) is 0. The summed E-state index contributed by atoms with van der Waals surface area (Å²) in [6, 6.07) is 0. The van der Waals surface area contributed by atoms with Crippen molar-refractivity contribution in [3.8, 4) is 0 Å². The molecule has 8 heavy (non-hydrogen) atoms. The molecule has 0 saturated carbocycles. The topological polar surface area (TPSA) is 34.1 Å². The van der Waals surface area contributed by atoms with E-state index in [1.807, 2.05) is 20.6 Å². The largest absolute Gasteiger partial charge is 0.307 e. The van der Waals surface area contributed by atoms with Crippen LogP contribution < -0.4 is 0 Å². The van der Waals surface area contributed by atoms with Gasteiger partial charge in [-0.15, -0.1) is 0 Å². The number of hydrogen-bond acceptors (Lipinski definition) is 2. The molecule has 0 aromatic carbocycles. The smallest absolute Gasteiger partial charge is 0.120 e. The summed E-state index contributed by atoms with van der Waals surface area (Å²) in [6.45, 7) is 6.04. The Morgan fingerprint density at radius 1 is 1.50 bits per heavy atom. The second-order valence-electron chi connectivity index (χ2n) is 1.80. The zero-order valence-electron chi connectivity index (χ0n) is 5.39. The van der Waals surface area contributed by atoms with Gasteiger partial charge in [0.25, 0.3) is 0 Å². The van der Waals surface area contributed by atoms with Gasteiger partial charge < -0.3 is 9.59 Å². The van der Waals surface area contributed by atoms with E-state index in [2.05, 4.69) is 0 Å². The van der Waals surface area contributed by atoms with Gasteiger partial charge in [-0.05, 0) is 5.92 Å². The average Bonchev–Trinajstić information content (AvgIpc) is 1.72. The summed E-state index contributed by atoms with van der Waals surface area (Å²) in [6.07, 6.45) is 1.64. The fourth-order valence-electron chi connectivity index (χ4n) is 0.192. The zero-order valence-corrected chi connectivity index (χ0v) is 5.39. The van der Waals surface area contributed by atoms with Crippen LogP contribution in [-0.2, 0) is 9.59 Å². The first-order valence-corrected chi connectivity index (χ1v) is 2.50. The van der Waals surface area contributed by atoms with Crippen LogP contribution in [0.4, 0.5) is 0 Å². The molecule has 0 N–H and O–H groups in total. The molecule has 2 heteroatoms. The average molecular weight is 116 g/mol. The van der Waals surface area contributed by atoms with Crippen LogP contribution in [0.3, 0.4) is 0 Å². The molecule has 0 aliphatic rings. The van der Waals surface area contributed by atoms with Gasteiger partial charge in [-0.25, -0.2) is 0 Å². The SMILES string of the molecule is C=O.CC(C)CC=O. The molecule has 0 fully saturated rings. The van der Waals surface area contributed by atoms with E-state index in [-0.39, 0.29) is 0 Å². The van der Waals surface area contributed by atoms with Crippen LogP contribution in [0.5, 0.6) is 0 Å². The van der Waals surface area contributed by atoms with Crippen molar-refractivity contribution in [3.63, 3.8) is 0 Å². The molecule has 0 radical (unpaired) electrons. The van der Waals surface area contributed by atoms with Crippen LogP contribution in [0.2, 0.25) is 0 Å². The third-order valence-electron chi connectivity index (χ3n) is 0.568. The van der Waals surface area contributed by atoms with Crippen molar-refractivity contribution in [1.29, 1.82) is 0 Å². The van der Waals surface area contributed by atoms with Crippen molar-refractivity contribution in [2.75, 3.05) is 0 Å². The maximum absolute atomic E-state index is 9.62. The zero-order chi connectivity index (χ0) is 6.99. The Hall–Kier alpha value is -0.660. The van der Waals surface area contributed by atoms with Crippen LogP contribution in [0.25, 0.3) is 0 Å². The Morgan fingerprint density at radius 3 is 1.88 bits per heavy atom. The lowest BCUT2D eigenvalue weighted by atomic mass is 10.2. The van der Waals surface area contributed by atoms with Crippen molar-refractivity contribution < 1.29 is 9.59 Å². The van der Waals surface area contributed by atoms with Gasteiger partial charge in [0, 0.05) is 6.42 Å². The van der Waals surface area contributed by atoms with E-state index in [0.29, 0.717) is 12.3 Å². The molecule has 48 valence electrons. The molecular formula is C6H12O2. The van der Waals surface area contributed by atoms with Crippen molar-refractivity contribution >= 4 is 13.1 Å². The second kappa shape index (κ2) is 9.60. The first-order valence-electron chi connectivity index (χ1n) is 2.50. The summed E-state index contributed by atoms with van der Waals surface area (Å²) < 4.78 is 0. The van der Waals surface area contributed by atoms with Crippen molar-refractivity contribution in [2.24, 2.45) is 5.92 Å². The molecule has 0 atom stereocenters. The Labute approximate surface area is 49.9 Å². The van der Waals surface area contributed by atoms with Crippen LogP contribution in [0.1, 0.15) is 20.3 Å². The minimum Gasteiger partial charge on any atom is -0.307 e. The van der Waals surface area contributed by atoms with Crippen LogP contribution in [-0.4, -0.2) is 13.1 Å². The molecule has 0 bridgehead atoms. The quantitative estimate of drug-likeness (QED) is 0.505. The number of aldehydes is 1. The monoisotopic (exact) mass is 116 g/mol. The molecule has 0 aromatic heterocycles. The first kappa shape index (κ1) is 10.3. The van der Waals surface area contributed by atoms with Gasteiger partial charge in [-0.3, -0.25) is 0 Å². The molecule has 0 spiro atoms. The Morgan fingerprint density at radius 2 is 1.88 bits per heavy atom. The summed E-state index contributed by atoms with van der Waals surface area (Å²) in [5.41, 5.74) is 0. The molecule has 0 heterocycles. The highest BCUT2D eigenvalue weighted by Gasteiger charge is 1.85. The molecule has 0 aromatic rings. The maximum atomic E-state index is 9.62. The minimum atomic E-state index is 0.530. The first-order chi connectivity index (χ1) is 3.77. The lowest BCUT2D eigenvalue weighted by molar-refractivity contribution is -0.108. The summed E-state index contributed by atoms with van der Waals surface area (Å²) >= 11 is 0. The van der Waals surface area contributed by atoms with Gasteiger partial charge >= 0.3 is 0 Å². The highest BCUT2D eigenvalue weighted by molar-refractivity contribution is 5.49. The van der Waals surface area contributed by atoms with E-state index >= 15 is 0 Å². The molecular weight excluding hydrogens is 104 g/mol. The summed E-state index contributed by atoms with van der Waals surface area (Å²) in [4.78, 5) is 17.6. The highest BCUT2D eigenvalue weighted by atomic mass is 16.1. The third-order valence-corrected chi connectivity index (χ3v) is 0.568. The van der Waals surface area contributed by atoms with Gasteiger partial charge in [0.1, 0.15) is 13.1 Å². The normalized spacial score (nSPS) is 7.38. The molecule has 0 unspecified atom stereocenters. The molecule has 0 rings (SSSR count). The minimum absolute atomic E-state index is 0.530. The van der Waals surface area contributed by atoms with Crippen LogP contribution in [0, 0.1) is 5.92 Å². The van der Waals surface area contributed by atoms with E-state index < -0.39 is 0 Å². The summed E-state index contributed by atoms with van der Waals surface area (Å²) in [5.74, 6) is 0.530. The predicted molar refractivity (Wildman–Crippen MR) is 32.6 cm³/mol.